The van der Waals surface area contributed by atoms with Crippen LogP contribution in [-0.4, -0.2) is 88.5 Å². The highest BCUT2D eigenvalue weighted by Gasteiger charge is 2.30. The molecule has 4 N–H and O–H groups in total. The van der Waals surface area contributed by atoms with Gasteiger partial charge < -0.3 is 20.9 Å². The summed E-state index contributed by atoms with van der Waals surface area (Å²) in [6, 6.07) is 16.5. The molecule has 4 aromatic rings. The van der Waals surface area contributed by atoms with Gasteiger partial charge in [-0.1, -0.05) is 18.2 Å². The molecular weight excluding hydrogens is 769 g/mol. The average Bonchev–Trinajstić information content (AvgIpc) is 3.26. The molecular formula is C45H53F2N9O4. The molecule has 8 rings (SSSR count). The molecule has 2 saturated carbocycles. The highest BCUT2D eigenvalue weighted by atomic mass is 19.1. The Hall–Kier alpha value is -5.70. The van der Waals surface area contributed by atoms with Gasteiger partial charge >= 0.3 is 0 Å². The van der Waals surface area contributed by atoms with Gasteiger partial charge in [0.2, 0.25) is 23.7 Å². The number of imide groups is 1. The third kappa shape index (κ3) is 10.0. The minimum atomic E-state index is -0.553. The zero-order chi connectivity index (χ0) is 41.6. The highest BCUT2D eigenvalue weighted by Crippen LogP contribution is 2.32. The molecule has 15 heteroatoms. The number of anilines is 3. The van der Waals surface area contributed by atoms with Gasteiger partial charge in [0.25, 0.3) is 5.56 Å². The molecule has 2 aliphatic heterocycles. The van der Waals surface area contributed by atoms with E-state index in [1.165, 1.54) is 22.9 Å². The Labute approximate surface area is 348 Å². The van der Waals surface area contributed by atoms with Crippen LogP contribution in [0.2, 0.25) is 0 Å². The van der Waals surface area contributed by atoms with Gasteiger partial charge in [-0.15, -0.1) is 0 Å². The monoisotopic (exact) mass is 821 g/mol. The molecule has 0 spiro atoms. The zero-order valence-electron chi connectivity index (χ0n) is 33.8. The van der Waals surface area contributed by atoms with E-state index in [9.17, 15) is 23.6 Å². The van der Waals surface area contributed by atoms with Gasteiger partial charge in [0.05, 0.1) is 11.9 Å². The number of hydrogen-bond acceptors (Lipinski definition) is 10. The lowest BCUT2D eigenvalue weighted by Gasteiger charge is -2.39. The molecule has 316 valence electrons. The summed E-state index contributed by atoms with van der Waals surface area (Å²) in [5.74, 6) is -0.0145. The minimum absolute atomic E-state index is 0.0344. The number of nitrogens with one attached hydrogen (secondary N) is 4. The Morgan fingerprint density at radius 2 is 1.58 bits per heavy atom. The van der Waals surface area contributed by atoms with E-state index in [2.05, 4.69) is 41.0 Å². The van der Waals surface area contributed by atoms with Crippen LogP contribution in [0.15, 0.2) is 77.9 Å². The van der Waals surface area contributed by atoms with E-state index in [-0.39, 0.29) is 53.2 Å². The van der Waals surface area contributed by atoms with Crippen LogP contribution in [0.5, 0.6) is 0 Å². The van der Waals surface area contributed by atoms with Crippen LogP contribution in [0.25, 0.3) is 16.9 Å². The number of hydrogen-bond donors (Lipinski definition) is 4. The SMILES string of the molecule is O=C1CC[C@@H](Nc2ccc(N3CCN(CC4CCC(CNC(=O)C5CCC(Nc6ncc(F)c(-c7cccc(-n8ccccc8=O)c7)n6)CC5)CC4)CC3)c(F)c2)C(=O)N1. The molecule has 4 fully saturated rings. The topological polar surface area (TPSA) is 154 Å². The van der Waals surface area contributed by atoms with Gasteiger partial charge in [0, 0.05) is 86.9 Å². The van der Waals surface area contributed by atoms with Crippen molar-refractivity contribution in [3.63, 3.8) is 0 Å². The molecule has 1 atom stereocenters. The number of amides is 3. The minimum Gasteiger partial charge on any atom is -0.374 e. The smallest absolute Gasteiger partial charge is 0.255 e. The van der Waals surface area contributed by atoms with E-state index in [0.717, 1.165) is 84.1 Å². The van der Waals surface area contributed by atoms with Gasteiger partial charge in [-0.25, -0.2) is 18.7 Å². The molecule has 2 aliphatic carbocycles. The van der Waals surface area contributed by atoms with Crippen molar-refractivity contribution in [3.8, 4) is 16.9 Å². The van der Waals surface area contributed by atoms with Crippen molar-refractivity contribution < 1.29 is 23.2 Å². The first-order valence-corrected chi connectivity index (χ1v) is 21.4. The lowest BCUT2D eigenvalue weighted by molar-refractivity contribution is -0.133. The molecule has 60 heavy (non-hydrogen) atoms. The number of piperazine rings is 1. The molecule has 2 saturated heterocycles. The number of nitrogens with zero attached hydrogens (tertiary/aromatic N) is 5. The fourth-order valence-corrected chi connectivity index (χ4v) is 9.19. The van der Waals surface area contributed by atoms with Gasteiger partial charge in [-0.2, -0.15) is 0 Å². The number of piperidine rings is 1. The predicted molar refractivity (Wildman–Crippen MR) is 226 cm³/mol. The van der Waals surface area contributed by atoms with E-state index >= 15 is 4.39 Å². The summed E-state index contributed by atoms with van der Waals surface area (Å²) in [7, 11) is 0. The molecule has 4 aliphatic rings. The maximum Gasteiger partial charge on any atom is 0.255 e. The lowest BCUT2D eigenvalue weighted by Crippen LogP contribution is -2.48. The number of halogens is 2. The first kappa shape index (κ1) is 41.1. The number of carbonyl (C=O) groups is 3. The van der Waals surface area contributed by atoms with Crippen molar-refractivity contribution in [3.05, 3.63) is 95.0 Å². The fourth-order valence-electron chi connectivity index (χ4n) is 9.19. The number of carbonyl (C=O) groups excluding carboxylic acids is 3. The molecule has 0 bridgehead atoms. The predicted octanol–water partition coefficient (Wildman–Crippen LogP) is 5.51. The average molecular weight is 822 g/mol. The number of pyridine rings is 1. The van der Waals surface area contributed by atoms with E-state index in [1.807, 2.05) is 0 Å². The molecule has 2 aromatic carbocycles. The largest absolute Gasteiger partial charge is 0.374 e. The Bertz CT molecular complexity index is 2230. The Kier molecular flexibility index (Phi) is 12.8. The van der Waals surface area contributed by atoms with Crippen molar-refractivity contribution in [2.75, 3.05) is 54.8 Å². The van der Waals surface area contributed by atoms with Gasteiger partial charge in [0.15, 0.2) is 5.82 Å². The first-order chi connectivity index (χ1) is 29.1. The van der Waals surface area contributed by atoms with Crippen LogP contribution < -0.4 is 31.7 Å². The molecule has 3 amide bonds. The van der Waals surface area contributed by atoms with Crippen molar-refractivity contribution in [1.82, 2.24) is 30.1 Å². The Morgan fingerprint density at radius 1 is 0.800 bits per heavy atom. The van der Waals surface area contributed by atoms with E-state index in [0.29, 0.717) is 53.4 Å². The van der Waals surface area contributed by atoms with Crippen molar-refractivity contribution in [1.29, 1.82) is 0 Å². The molecule has 4 heterocycles. The zero-order valence-corrected chi connectivity index (χ0v) is 33.8. The summed E-state index contributed by atoms with van der Waals surface area (Å²) < 4.78 is 31.6. The van der Waals surface area contributed by atoms with E-state index in [1.54, 1.807) is 54.7 Å². The summed E-state index contributed by atoms with van der Waals surface area (Å²) in [6.45, 7) is 4.97. The number of aromatic nitrogens is 3. The third-order valence-electron chi connectivity index (χ3n) is 12.7. The second-order valence-electron chi connectivity index (χ2n) is 16.8. The van der Waals surface area contributed by atoms with Crippen LogP contribution >= 0.6 is 0 Å². The van der Waals surface area contributed by atoms with Crippen LogP contribution in [0.1, 0.15) is 64.2 Å². The quantitative estimate of drug-likeness (QED) is 0.135. The van der Waals surface area contributed by atoms with Crippen LogP contribution in [0.3, 0.4) is 0 Å². The first-order valence-electron chi connectivity index (χ1n) is 21.4. The van der Waals surface area contributed by atoms with Gasteiger partial charge in [0.1, 0.15) is 17.6 Å². The summed E-state index contributed by atoms with van der Waals surface area (Å²) >= 11 is 0. The van der Waals surface area contributed by atoms with Gasteiger partial charge in [-0.3, -0.25) is 34.0 Å². The van der Waals surface area contributed by atoms with Gasteiger partial charge in [-0.05, 0) is 106 Å². The molecule has 2 aromatic heterocycles. The standard InChI is InChI=1S/C45H53F2N9O4/c46-36-25-34(50-38-16-18-40(57)52-44(38)60)15-17-39(36)55-22-20-54(21-23-55)28-30-9-7-29(8-10-30)26-48-43(59)31-11-13-33(14-12-31)51-45-49-27-37(47)42(53-45)32-4-3-5-35(24-32)56-19-2-1-6-41(56)58/h1-6,15,17,19,24-25,27,29-31,33,38,50H,7-14,16,18,20-23,26,28H2,(H,48,59)(H,49,51,53)(H,52,57,60)/t29?,30?,31?,33?,38-/m1/s1. The van der Waals surface area contributed by atoms with Crippen molar-refractivity contribution in [2.24, 2.45) is 17.8 Å². The van der Waals surface area contributed by atoms with Crippen LogP contribution in [-0.2, 0) is 14.4 Å². The summed E-state index contributed by atoms with van der Waals surface area (Å²) in [4.78, 5) is 62.4. The molecule has 0 radical (unpaired) electrons. The highest BCUT2D eigenvalue weighted by molar-refractivity contribution is 6.01. The molecule has 0 unspecified atom stereocenters. The maximum absolute atomic E-state index is 15.2. The fraction of sp³-hybridized carbons (Fsp3) is 0.467. The van der Waals surface area contributed by atoms with Crippen LogP contribution in [0, 0.1) is 29.4 Å². The van der Waals surface area contributed by atoms with E-state index in [4.69, 9.17) is 0 Å². The number of rotatable bonds is 12. The summed E-state index contributed by atoms with van der Waals surface area (Å²) in [5, 5.41) is 12.0. The van der Waals surface area contributed by atoms with Crippen molar-refractivity contribution >= 4 is 35.0 Å². The second-order valence-corrected chi connectivity index (χ2v) is 16.8. The second kappa shape index (κ2) is 18.7. The normalized spacial score (nSPS) is 23.8. The summed E-state index contributed by atoms with van der Waals surface area (Å²) in [5.41, 5.74) is 2.21. The Morgan fingerprint density at radius 3 is 2.33 bits per heavy atom. The lowest BCUT2D eigenvalue weighted by atomic mass is 9.81. The maximum atomic E-state index is 15.2. The summed E-state index contributed by atoms with van der Waals surface area (Å²) in [6.07, 6.45) is 11.0. The number of benzene rings is 2. The van der Waals surface area contributed by atoms with E-state index < -0.39 is 11.9 Å². The van der Waals surface area contributed by atoms with Crippen molar-refractivity contribution in [2.45, 2.75) is 76.3 Å². The van der Waals surface area contributed by atoms with Crippen LogP contribution in [0.4, 0.5) is 26.1 Å². The molecule has 13 nitrogen and oxygen atoms in total. The Balaban J connectivity index is 0.726. The third-order valence-corrected chi connectivity index (χ3v) is 12.7.